The van der Waals surface area contributed by atoms with Gasteiger partial charge in [0.1, 0.15) is 5.82 Å². The number of anilines is 3. The number of benzene rings is 1. The van der Waals surface area contributed by atoms with E-state index in [0.717, 1.165) is 43.1 Å². The number of piperazine rings is 1. The molecule has 6 nitrogen and oxygen atoms in total. The maximum absolute atomic E-state index is 10.8. The number of nitrogens with one attached hydrogen (secondary N) is 1. The predicted molar refractivity (Wildman–Crippen MR) is 95.7 cm³/mol. The lowest BCUT2D eigenvalue weighted by Gasteiger charge is -2.32. The van der Waals surface area contributed by atoms with Gasteiger partial charge in [0.25, 0.3) is 0 Å². The van der Waals surface area contributed by atoms with Crippen LogP contribution in [-0.2, 0) is 11.2 Å². The molecule has 0 aliphatic carbocycles. The van der Waals surface area contributed by atoms with E-state index < -0.39 is 0 Å². The van der Waals surface area contributed by atoms with Crippen molar-refractivity contribution in [3.63, 3.8) is 0 Å². The smallest absolute Gasteiger partial charge is 0.227 e. The third-order valence-electron chi connectivity index (χ3n) is 4.22. The number of carbonyl (C=O) groups excluding carboxylic acids is 1. The highest BCUT2D eigenvalue weighted by molar-refractivity contribution is 5.58. The molecule has 1 N–H and O–H groups in total. The predicted octanol–water partition coefficient (Wildman–Crippen LogP) is 2.37. The Kier molecular flexibility index (Phi) is 4.93. The molecule has 1 fully saturated rings. The molecule has 1 amide bonds. The van der Waals surface area contributed by atoms with Gasteiger partial charge in [-0.1, -0.05) is 19.1 Å². The Balaban J connectivity index is 1.74. The van der Waals surface area contributed by atoms with Gasteiger partial charge >= 0.3 is 0 Å². The van der Waals surface area contributed by atoms with Crippen molar-refractivity contribution in [1.29, 1.82) is 0 Å². The molecule has 126 valence electrons. The second kappa shape index (κ2) is 7.29. The molecule has 3 rings (SSSR count). The molecule has 1 aliphatic rings. The van der Waals surface area contributed by atoms with E-state index in [2.05, 4.69) is 51.4 Å². The molecule has 1 saturated heterocycles. The first-order chi connectivity index (χ1) is 11.7. The number of aryl methyl sites for hydroxylation is 2. The molecule has 1 aromatic carbocycles. The Morgan fingerprint density at radius 1 is 1.12 bits per heavy atom. The van der Waals surface area contributed by atoms with Crippen molar-refractivity contribution in [2.45, 2.75) is 20.3 Å². The molecule has 0 spiro atoms. The lowest BCUT2D eigenvalue weighted by Crippen LogP contribution is -2.46. The first-order valence-electron chi connectivity index (χ1n) is 8.34. The summed E-state index contributed by atoms with van der Waals surface area (Å²) in [6.45, 7) is 7.05. The van der Waals surface area contributed by atoms with Gasteiger partial charge in [-0.05, 0) is 31.0 Å². The summed E-state index contributed by atoms with van der Waals surface area (Å²) >= 11 is 0. The molecule has 0 unspecified atom stereocenters. The number of nitrogens with zero attached hydrogens (tertiary/aromatic N) is 4. The first-order valence-corrected chi connectivity index (χ1v) is 8.34. The SMILES string of the molecule is CCc1ccc(Nc2cc(C)nc(N3CCN(C=O)CC3)n2)cc1. The van der Waals surface area contributed by atoms with Gasteiger partial charge in [-0.2, -0.15) is 4.98 Å². The minimum Gasteiger partial charge on any atom is -0.342 e. The third-order valence-corrected chi connectivity index (χ3v) is 4.22. The number of aromatic nitrogens is 2. The first kappa shape index (κ1) is 16.2. The van der Waals surface area contributed by atoms with E-state index in [1.807, 2.05) is 13.0 Å². The maximum atomic E-state index is 10.8. The lowest BCUT2D eigenvalue weighted by atomic mass is 10.1. The van der Waals surface area contributed by atoms with Crippen LogP contribution in [0.5, 0.6) is 0 Å². The largest absolute Gasteiger partial charge is 0.342 e. The Labute approximate surface area is 142 Å². The summed E-state index contributed by atoms with van der Waals surface area (Å²) in [6, 6.07) is 10.3. The Hall–Kier alpha value is -2.63. The fourth-order valence-electron chi connectivity index (χ4n) is 2.76. The second-order valence-corrected chi connectivity index (χ2v) is 6.00. The average molecular weight is 325 g/mol. The molecule has 2 aromatic rings. The van der Waals surface area contributed by atoms with E-state index in [9.17, 15) is 4.79 Å². The van der Waals surface area contributed by atoms with Gasteiger partial charge in [0.15, 0.2) is 0 Å². The van der Waals surface area contributed by atoms with Crippen molar-refractivity contribution in [3.05, 3.63) is 41.6 Å². The van der Waals surface area contributed by atoms with Gasteiger partial charge in [0.2, 0.25) is 12.4 Å². The highest BCUT2D eigenvalue weighted by atomic mass is 16.1. The van der Waals surface area contributed by atoms with E-state index in [4.69, 9.17) is 0 Å². The maximum Gasteiger partial charge on any atom is 0.227 e. The summed E-state index contributed by atoms with van der Waals surface area (Å²) in [6.07, 6.45) is 1.94. The summed E-state index contributed by atoms with van der Waals surface area (Å²) in [4.78, 5) is 23.9. The van der Waals surface area contributed by atoms with E-state index in [-0.39, 0.29) is 0 Å². The second-order valence-electron chi connectivity index (χ2n) is 6.00. The molecule has 0 saturated carbocycles. The zero-order valence-corrected chi connectivity index (χ0v) is 14.2. The van der Waals surface area contributed by atoms with E-state index >= 15 is 0 Å². The van der Waals surface area contributed by atoms with E-state index in [0.29, 0.717) is 19.0 Å². The van der Waals surface area contributed by atoms with Crippen molar-refractivity contribution in [1.82, 2.24) is 14.9 Å². The van der Waals surface area contributed by atoms with E-state index in [1.165, 1.54) is 5.56 Å². The molecule has 0 atom stereocenters. The standard InChI is InChI=1S/C18H23N5O/c1-3-15-4-6-16(7-5-15)20-17-12-14(2)19-18(21-17)23-10-8-22(13-24)9-11-23/h4-7,12-13H,3,8-11H2,1-2H3,(H,19,20,21). The van der Waals surface area contributed by atoms with Crippen LogP contribution in [0.4, 0.5) is 17.5 Å². The average Bonchev–Trinajstić information content (AvgIpc) is 2.62. The Bertz CT molecular complexity index is 693. The van der Waals surface area contributed by atoms with Crippen molar-refractivity contribution in [3.8, 4) is 0 Å². The van der Waals surface area contributed by atoms with Gasteiger partial charge in [-0.3, -0.25) is 4.79 Å². The van der Waals surface area contributed by atoms with Gasteiger partial charge in [-0.25, -0.2) is 4.98 Å². The van der Waals surface area contributed by atoms with Gasteiger partial charge in [-0.15, -0.1) is 0 Å². The summed E-state index contributed by atoms with van der Waals surface area (Å²) in [5.41, 5.74) is 3.25. The van der Waals surface area contributed by atoms with Crippen molar-refractivity contribution in [2.75, 3.05) is 36.4 Å². The van der Waals surface area contributed by atoms with Gasteiger partial charge in [0.05, 0.1) is 0 Å². The minimum absolute atomic E-state index is 0.710. The fourth-order valence-corrected chi connectivity index (χ4v) is 2.76. The molecule has 2 heterocycles. The molecular weight excluding hydrogens is 302 g/mol. The lowest BCUT2D eigenvalue weighted by molar-refractivity contribution is -0.118. The number of rotatable bonds is 5. The van der Waals surface area contributed by atoms with Crippen LogP contribution < -0.4 is 10.2 Å². The summed E-state index contributed by atoms with van der Waals surface area (Å²) in [7, 11) is 0. The van der Waals surface area contributed by atoms with Crippen molar-refractivity contribution >= 4 is 23.9 Å². The minimum atomic E-state index is 0.710. The van der Waals surface area contributed by atoms with Crippen LogP contribution >= 0.6 is 0 Å². The normalized spacial score (nSPS) is 14.6. The number of hydrogen-bond donors (Lipinski definition) is 1. The van der Waals surface area contributed by atoms with Crippen LogP contribution in [0.15, 0.2) is 30.3 Å². The number of amides is 1. The molecule has 1 aliphatic heterocycles. The molecule has 0 radical (unpaired) electrons. The molecule has 24 heavy (non-hydrogen) atoms. The van der Waals surface area contributed by atoms with Crippen molar-refractivity contribution < 1.29 is 4.79 Å². The third kappa shape index (κ3) is 3.82. The number of carbonyl (C=O) groups is 1. The summed E-state index contributed by atoms with van der Waals surface area (Å²) in [5, 5.41) is 3.35. The fraction of sp³-hybridized carbons (Fsp3) is 0.389. The highest BCUT2D eigenvalue weighted by Crippen LogP contribution is 2.20. The van der Waals surface area contributed by atoms with Crippen LogP contribution in [-0.4, -0.2) is 47.5 Å². The number of hydrogen-bond acceptors (Lipinski definition) is 5. The topological polar surface area (TPSA) is 61.4 Å². The zero-order valence-electron chi connectivity index (χ0n) is 14.2. The quantitative estimate of drug-likeness (QED) is 0.855. The van der Waals surface area contributed by atoms with E-state index in [1.54, 1.807) is 4.90 Å². The Morgan fingerprint density at radius 2 is 1.83 bits per heavy atom. The summed E-state index contributed by atoms with van der Waals surface area (Å²) < 4.78 is 0. The van der Waals surface area contributed by atoms with Crippen LogP contribution in [0.3, 0.4) is 0 Å². The van der Waals surface area contributed by atoms with Crippen molar-refractivity contribution in [2.24, 2.45) is 0 Å². The summed E-state index contributed by atoms with van der Waals surface area (Å²) in [5.74, 6) is 1.51. The Morgan fingerprint density at radius 3 is 2.46 bits per heavy atom. The molecule has 0 bridgehead atoms. The molecule has 6 heteroatoms. The van der Waals surface area contributed by atoms with Crippen LogP contribution in [0, 0.1) is 6.92 Å². The highest BCUT2D eigenvalue weighted by Gasteiger charge is 2.18. The van der Waals surface area contributed by atoms with Crippen LogP contribution in [0.25, 0.3) is 0 Å². The molecule has 1 aromatic heterocycles. The van der Waals surface area contributed by atoms with Crippen LogP contribution in [0.2, 0.25) is 0 Å². The van der Waals surface area contributed by atoms with Crippen LogP contribution in [0.1, 0.15) is 18.2 Å². The van der Waals surface area contributed by atoms with Gasteiger partial charge in [0, 0.05) is 43.6 Å². The monoisotopic (exact) mass is 325 g/mol. The van der Waals surface area contributed by atoms with Gasteiger partial charge < -0.3 is 15.1 Å². The zero-order chi connectivity index (χ0) is 16.9. The molecular formula is C18H23N5O.